The Morgan fingerprint density at radius 3 is 2.78 bits per heavy atom. The molecular formula is C11H20N2O4S. The molecule has 0 aliphatic heterocycles. The summed E-state index contributed by atoms with van der Waals surface area (Å²) < 4.78 is 31.5. The molecule has 1 rings (SSSR count). The zero-order valence-electron chi connectivity index (χ0n) is 10.6. The van der Waals surface area contributed by atoms with Gasteiger partial charge in [-0.25, -0.2) is 13.1 Å². The second kappa shape index (κ2) is 6.89. The monoisotopic (exact) mass is 276 g/mol. The number of furan rings is 1. The number of sulfonamides is 1. The van der Waals surface area contributed by atoms with Crippen LogP contribution in [0.1, 0.15) is 26.0 Å². The zero-order chi connectivity index (χ0) is 13.6. The van der Waals surface area contributed by atoms with Gasteiger partial charge < -0.3 is 14.8 Å². The van der Waals surface area contributed by atoms with Crippen molar-refractivity contribution in [3.8, 4) is 0 Å². The molecule has 3 N–H and O–H groups in total. The molecule has 0 aliphatic carbocycles. The molecule has 0 aliphatic rings. The minimum atomic E-state index is -3.64. The molecule has 1 heterocycles. The standard InChI is InChI=1S/C11H20N2O4S/c1-3-12-8-10-4-5-11(17-10)18(15,16)13-9(2)6-7-14/h4-5,9,12-14H,3,6-8H2,1-2H3. The van der Waals surface area contributed by atoms with Gasteiger partial charge >= 0.3 is 0 Å². The Kier molecular flexibility index (Phi) is 5.80. The van der Waals surface area contributed by atoms with E-state index >= 15 is 0 Å². The molecule has 7 heteroatoms. The van der Waals surface area contributed by atoms with Gasteiger partial charge in [-0.15, -0.1) is 0 Å². The number of aliphatic hydroxyl groups excluding tert-OH is 1. The van der Waals surface area contributed by atoms with Crippen molar-refractivity contribution in [2.75, 3.05) is 13.2 Å². The lowest BCUT2D eigenvalue weighted by Crippen LogP contribution is -2.33. The molecule has 0 spiro atoms. The second-order valence-electron chi connectivity index (χ2n) is 4.04. The van der Waals surface area contributed by atoms with E-state index in [0.29, 0.717) is 18.7 Å². The summed E-state index contributed by atoms with van der Waals surface area (Å²) >= 11 is 0. The van der Waals surface area contributed by atoms with Crippen LogP contribution in [0.4, 0.5) is 0 Å². The van der Waals surface area contributed by atoms with Crippen molar-refractivity contribution in [1.82, 2.24) is 10.0 Å². The molecule has 104 valence electrons. The topological polar surface area (TPSA) is 91.6 Å². The van der Waals surface area contributed by atoms with Crippen molar-refractivity contribution in [3.05, 3.63) is 17.9 Å². The normalized spacial score (nSPS) is 13.7. The van der Waals surface area contributed by atoms with Crippen LogP contribution in [0, 0.1) is 0 Å². The molecule has 1 unspecified atom stereocenters. The number of hydrogen-bond acceptors (Lipinski definition) is 5. The van der Waals surface area contributed by atoms with Crippen molar-refractivity contribution >= 4 is 10.0 Å². The van der Waals surface area contributed by atoms with Crippen LogP contribution in [0.3, 0.4) is 0 Å². The Morgan fingerprint density at radius 2 is 2.17 bits per heavy atom. The lowest BCUT2D eigenvalue weighted by atomic mass is 10.3. The summed E-state index contributed by atoms with van der Waals surface area (Å²) in [4.78, 5) is 0. The zero-order valence-corrected chi connectivity index (χ0v) is 11.5. The average molecular weight is 276 g/mol. The van der Waals surface area contributed by atoms with E-state index in [4.69, 9.17) is 9.52 Å². The third-order valence-electron chi connectivity index (χ3n) is 2.37. The Bertz CT molecular complexity index is 455. The van der Waals surface area contributed by atoms with Gasteiger partial charge in [0.2, 0.25) is 5.09 Å². The molecule has 1 atom stereocenters. The summed E-state index contributed by atoms with van der Waals surface area (Å²) in [6.07, 6.45) is 0.365. The van der Waals surface area contributed by atoms with Crippen LogP contribution in [-0.4, -0.2) is 32.7 Å². The van der Waals surface area contributed by atoms with Gasteiger partial charge in [0, 0.05) is 12.6 Å². The van der Waals surface area contributed by atoms with E-state index in [1.54, 1.807) is 13.0 Å². The highest BCUT2D eigenvalue weighted by atomic mass is 32.2. The Hall–Kier alpha value is -0.890. The van der Waals surface area contributed by atoms with E-state index in [-0.39, 0.29) is 17.7 Å². The van der Waals surface area contributed by atoms with Gasteiger partial charge in [0.15, 0.2) is 0 Å². The molecule has 0 fully saturated rings. The Morgan fingerprint density at radius 1 is 1.44 bits per heavy atom. The van der Waals surface area contributed by atoms with Crippen molar-refractivity contribution in [2.45, 2.75) is 37.9 Å². The van der Waals surface area contributed by atoms with Gasteiger partial charge in [0.05, 0.1) is 6.54 Å². The summed E-state index contributed by atoms with van der Waals surface area (Å²) in [5.41, 5.74) is 0. The highest BCUT2D eigenvalue weighted by Gasteiger charge is 2.20. The minimum absolute atomic E-state index is 0.0620. The van der Waals surface area contributed by atoms with Gasteiger partial charge in [-0.3, -0.25) is 0 Å². The first kappa shape index (κ1) is 15.2. The molecule has 0 saturated carbocycles. The largest absolute Gasteiger partial charge is 0.447 e. The molecule has 1 aromatic rings. The van der Waals surface area contributed by atoms with Gasteiger partial charge in [-0.05, 0) is 32.0 Å². The summed E-state index contributed by atoms with van der Waals surface area (Å²) in [6, 6.07) is 2.73. The molecule has 0 bridgehead atoms. The maximum absolute atomic E-state index is 11.9. The maximum Gasteiger partial charge on any atom is 0.274 e. The lowest BCUT2D eigenvalue weighted by molar-refractivity contribution is 0.275. The number of aliphatic hydroxyl groups is 1. The summed E-state index contributed by atoms with van der Waals surface area (Å²) in [5.74, 6) is 0.576. The van der Waals surface area contributed by atoms with Gasteiger partial charge in [-0.1, -0.05) is 6.92 Å². The molecule has 0 saturated heterocycles. The van der Waals surface area contributed by atoms with Crippen LogP contribution in [0.2, 0.25) is 0 Å². The highest BCUT2D eigenvalue weighted by Crippen LogP contribution is 2.14. The minimum Gasteiger partial charge on any atom is -0.447 e. The third kappa shape index (κ3) is 4.41. The van der Waals surface area contributed by atoms with Crippen LogP contribution in [0.15, 0.2) is 21.6 Å². The quantitative estimate of drug-likeness (QED) is 0.641. The Labute approximate surface area is 107 Å². The van der Waals surface area contributed by atoms with Gasteiger partial charge in [-0.2, -0.15) is 0 Å². The first-order chi connectivity index (χ1) is 8.49. The molecule has 6 nitrogen and oxygen atoms in total. The molecular weight excluding hydrogens is 256 g/mol. The van der Waals surface area contributed by atoms with Gasteiger partial charge in [0.1, 0.15) is 5.76 Å². The SMILES string of the molecule is CCNCc1ccc(S(=O)(=O)NC(C)CCO)o1. The predicted octanol–water partition coefficient (Wildman–Crippen LogP) is 0.438. The first-order valence-electron chi connectivity index (χ1n) is 5.92. The fourth-order valence-electron chi connectivity index (χ4n) is 1.42. The van der Waals surface area contributed by atoms with E-state index in [1.165, 1.54) is 6.07 Å². The molecule has 0 amide bonds. The van der Waals surface area contributed by atoms with E-state index in [9.17, 15) is 8.42 Å². The fourth-order valence-corrected chi connectivity index (χ4v) is 2.65. The Balaban J connectivity index is 2.69. The van der Waals surface area contributed by atoms with Crippen molar-refractivity contribution in [3.63, 3.8) is 0 Å². The van der Waals surface area contributed by atoms with Crippen LogP contribution in [0.5, 0.6) is 0 Å². The lowest BCUT2D eigenvalue weighted by Gasteiger charge is -2.10. The maximum atomic E-state index is 11.9. The number of rotatable bonds is 8. The van der Waals surface area contributed by atoms with Gasteiger partial charge in [0.25, 0.3) is 10.0 Å². The summed E-state index contributed by atoms with van der Waals surface area (Å²) in [5, 5.41) is 11.7. The van der Waals surface area contributed by atoms with Crippen molar-refractivity contribution < 1.29 is 17.9 Å². The predicted molar refractivity (Wildman–Crippen MR) is 67.6 cm³/mol. The van der Waals surface area contributed by atoms with E-state index < -0.39 is 10.0 Å². The average Bonchev–Trinajstić information content (AvgIpc) is 2.75. The van der Waals surface area contributed by atoms with Crippen LogP contribution < -0.4 is 10.0 Å². The van der Waals surface area contributed by atoms with Crippen molar-refractivity contribution in [2.24, 2.45) is 0 Å². The molecule has 0 radical (unpaired) electrons. The third-order valence-corrected chi connectivity index (χ3v) is 3.83. The van der Waals surface area contributed by atoms with Crippen LogP contribution >= 0.6 is 0 Å². The van der Waals surface area contributed by atoms with Crippen molar-refractivity contribution in [1.29, 1.82) is 0 Å². The van der Waals surface area contributed by atoms with Crippen LogP contribution in [0.25, 0.3) is 0 Å². The number of hydrogen-bond donors (Lipinski definition) is 3. The van der Waals surface area contributed by atoms with Crippen LogP contribution in [-0.2, 0) is 16.6 Å². The molecule has 0 aromatic carbocycles. The second-order valence-corrected chi connectivity index (χ2v) is 5.68. The van der Waals surface area contributed by atoms with E-state index in [2.05, 4.69) is 10.0 Å². The van der Waals surface area contributed by atoms with E-state index in [0.717, 1.165) is 6.54 Å². The summed E-state index contributed by atoms with van der Waals surface area (Å²) in [7, 11) is -3.64. The fraction of sp³-hybridized carbons (Fsp3) is 0.636. The number of nitrogens with one attached hydrogen (secondary N) is 2. The highest BCUT2D eigenvalue weighted by molar-refractivity contribution is 7.89. The summed E-state index contributed by atoms with van der Waals surface area (Å²) in [6.45, 7) is 4.87. The molecule has 1 aromatic heterocycles. The first-order valence-corrected chi connectivity index (χ1v) is 7.40. The van der Waals surface area contributed by atoms with E-state index in [1.807, 2.05) is 6.92 Å². The smallest absolute Gasteiger partial charge is 0.274 e. The molecule has 18 heavy (non-hydrogen) atoms.